The normalized spacial score (nSPS) is 30.2. The third kappa shape index (κ3) is 4.51. The molecule has 0 aromatic heterocycles. The Kier molecular flexibility index (Phi) is 7.56. The van der Waals surface area contributed by atoms with Gasteiger partial charge in [0.25, 0.3) is 0 Å². The smallest absolute Gasteiger partial charge is 0.244 e. The first kappa shape index (κ1) is 26.8. The van der Waals surface area contributed by atoms with E-state index in [1.54, 1.807) is 16.7 Å². The molecule has 38 heavy (non-hydrogen) atoms. The Morgan fingerprint density at radius 3 is 2.42 bits per heavy atom. The van der Waals surface area contributed by atoms with Gasteiger partial charge in [0.15, 0.2) is 0 Å². The summed E-state index contributed by atoms with van der Waals surface area (Å²) in [5.74, 6) is -1.74. The molecule has 0 aliphatic carbocycles. The monoisotopic (exact) mass is 535 g/mol. The number of fused-ring (bicyclic) bond motifs is 1. The summed E-state index contributed by atoms with van der Waals surface area (Å²) in [5.41, 5.74) is 1.68. The topological polar surface area (TPSA) is 98.7 Å². The molecule has 3 fully saturated rings. The van der Waals surface area contributed by atoms with Gasteiger partial charge in [-0.15, -0.1) is 11.8 Å². The molecule has 0 saturated carbocycles. The van der Waals surface area contributed by atoms with Crippen molar-refractivity contribution in [1.29, 1.82) is 0 Å². The number of hydrogen-bond donors (Lipinski definition) is 3. The Morgan fingerprint density at radius 1 is 1.08 bits per heavy atom. The largest absolute Gasteiger partial charge is 0.394 e. The molecular weight excluding hydrogens is 498 g/mol. The molecule has 3 saturated heterocycles. The SMILES string of the molecule is CCCCNC(=O)C1N([C@@H](CO)Cc2ccccc2)C(=O)[C@@H]2[C@H](C(=O)Nc3ccccc3)[C@]3(C)CCC12S3. The van der Waals surface area contributed by atoms with E-state index in [0.29, 0.717) is 25.1 Å². The van der Waals surface area contributed by atoms with Crippen LogP contribution in [0.2, 0.25) is 0 Å². The number of likely N-dealkylation sites (tertiary alicyclic amines) is 1. The van der Waals surface area contributed by atoms with Gasteiger partial charge in [0.05, 0.1) is 29.2 Å². The van der Waals surface area contributed by atoms with Gasteiger partial charge in [-0.25, -0.2) is 0 Å². The summed E-state index contributed by atoms with van der Waals surface area (Å²) in [4.78, 5) is 43.6. The molecule has 7 nitrogen and oxygen atoms in total. The summed E-state index contributed by atoms with van der Waals surface area (Å²) >= 11 is 1.65. The maximum absolute atomic E-state index is 14.4. The molecule has 3 N–H and O–H groups in total. The third-order valence-electron chi connectivity index (χ3n) is 8.53. The minimum atomic E-state index is -0.737. The number of aliphatic hydroxyl groups excluding tert-OH is 1. The van der Waals surface area contributed by atoms with Crippen LogP contribution in [0.5, 0.6) is 0 Å². The molecule has 5 rings (SSSR count). The van der Waals surface area contributed by atoms with E-state index < -0.39 is 33.4 Å². The van der Waals surface area contributed by atoms with Gasteiger partial charge >= 0.3 is 0 Å². The first-order valence-corrected chi connectivity index (χ1v) is 14.5. The Morgan fingerprint density at radius 2 is 1.76 bits per heavy atom. The number of hydrogen-bond acceptors (Lipinski definition) is 5. The number of carbonyl (C=O) groups excluding carboxylic acids is 3. The van der Waals surface area contributed by atoms with Crippen molar-refractivity contribution in [2.24, 2.45) is 11.8 Å². The van der Waals surface area contributed by atoms with Crippen LogP contribution >= 0.6 is 11.8 Å². The molecule has 202 valence electrons. The molecule has 0 radical (unpaired) electrons. The van der Waals surface area contributed by atoms with Crippen molar-refractivity contribution < 1.29 is 19.5 Å². The lowest BCUT2D eigenvalue weighted by Crippen LogP contribution is -2.57. The van der Waals surface area contributed by atoms with Gasteiger partial charge in [0.2, 0.25) is 17.7 Å². The fraction of sp³-hybridized carbons (Fsp3) is 0.500. The second-order valence-corrected chi connectivity index (χ2v) is 12.9. The summed E-state index contributed by atoms with van der Waals surface area (Å²) in [5, 5.41) is 16.6. The highest BCUT2D eigenvalue weighted by Gasteiger charge is 2.77. The minimum Gasteiger partial charge on any atom is -0.394 e. The highest BCUT2D eigenvalue weighted by molar-refractivity contribution is 8.02. The zero-order valence-electron chi connectivity index (χ0n) is 22.1. The third-order valence-corrected chi connectivity index (χ3v) is 10.5. The number of benzene rings is 2. The number of nitrogens with one attached hydrogen (secondary N) is 2. The molecule has 3 aliphatic heterocycles. The molecular formula is C30H37N3O4S. The molecule has 2 unspecified atom stereocenters. The highest BCUT2D eigenvalue weighted by Crippen LogP contribution is 2.71. The number of carbonyl (C=O) groups is 3. The van der Waals surface area contributed by atoms with Gasteiger partial charge in [-0.1, -0.05) is 61.9 Å². The fourth-order valence-corrected chi connectivity index (χ4v) is 9.16. The van der Waals surface area contributed by atoms with E-state index in [1.807, 2.05) is 60.7 Å². The molecule has 2 aromatic rings. The lowest BCUT2D eigenvalue weighted by molar-refractivity contribution is -0.142. The average Bonchev–Trinajstić information content (AvgIpc) is 3.49. The quantitative estimate of drug-likeness (QED) is 0.404. The molecule has 3 heterocycles. The number of nitrogens with zero attached hydrogens (tertiary/aromatic N) is 1. The van der Waals surface area contributed by atoms with Crippen molar-refractivity contribution in [1.82, 2.24) is 10.2 Å². The second-order valence-electron chi connectivity index (χ2n) is 11.0. The van der Waals surface area contributed by atoms with E-state index in [9.17, 15) is 19.5 Å². The zero-order valence-corrected chi connectivity index (χ0v) is 22.9. The summed E-state index contributed by atoms with van der Waals surface area (Å²) in [6.07, 6.45) is 3.68. The Labute approximate surface area is 228 Å². The summed E-state index contributed by atoms with van der Waals surface area (Å²) in [7, 11) is 0. The molecule has 3 aliphatic rings. The molecule has 2 aromatic carbocycles. The summed E-state index contributed by atoms with van der Waals surface area (Å²) in [6, 6.07) is 17.7. The van der Waals surface area contributed by atoms with E-state index in [1.165, 1.54) is 0 Å². The van der Waals surface area contributed by atoms with Gasteiger partial charge in [-0.05, 0) is 50.3 Å². The first-order valence-electron chi connectivity index (χ1n) is 13.7. The van der Waals surface area contributed by atoms with Crippen LogP contribution in [-0.4, -0.2) is 62.5 Å². The van der Waals surface area contributed by atoms with E-state index in [-0.39, 0.29) is 24.3 Å². The lowest BCUT2D eigenvalue weighted by atomic mass is 9.66. The summed E-state index contributed by atoms with van der Waals surface area (Å²) in [6.45, 7) is 4.41. The number of unbranched alkanes of at least 4 members (excludes halogenated alkanes) is 1. The second kappa shape index (κ2) is 10.7. The number of amides is 3. The summed E-state index contributed by atoms with van der Waals surface area (Å²) < 4.78 is -1.15. The maximum Gasteiger partial charge on any atom is 0.244 e. The number of thioether (sulfide) groups is 1. The molecule has 6 atom stereocenters. The van der Waals surface area contributed by atoms with E-state index in [0.717, 1.165) is 24.8 Å². The Balaban J connectivity index is 1.52. The number of rotatable bonds is 10. The van der Waals surface area contributed by atoms with Crippen molar-refractivity contribution in [2.45, 2.75) is 67.5 Å². The molecule has 2 bridgehead atoms. The molecule has 8 heteroatoms. The van der Waals surface area contributed by atoms with Crippen LogP contribution in [0.15, 0.2) is 60.7 Å². The maximum atomic E-state index is 14.4. The molecule has 1 spiro atoms. The van der Waals surface area contributed by atoms with Crippen molar-refractivity contribution in [3.63, 3.8) is 0 Å². The Bertz CT molecular complexity index is 1180. The molecule has 3 amide bonds. The number of aliphatic hydroxyl groups is 1. The van der Waals surface area contributed by atoms with Crippen LogP contribution in [-0.2, 0) is 20.8 Å². The minimum absolute atomic E-state index is 0.179. The van der Waals surface area contributed by atoms with Crippen molar-refractivity contribution in [2.75, 3.05) is 18.5 Å². The van der Waals surface area contributed by atoms with Crippen LogP contribution < -0.4 is 10.6 Å². The van der Waals surface area contributed by atoms with Crippen molar-refractivity contribution in [3.05, 3.63) is 66.2 Å². The van der Waals surface area contributed by atoms with Crippen LogP contribution in [0.25, 0.3) is 0 Å². The first-order chi connectivity index (χ1) is 18.3. The van der Waals surface area contributed by atoms with Crippen LogP contribution in [0, 0.1) is 11.8 Å². The van der Waals surface area contributed by atoms with Gasteiger partial charge in [0.1, 0.15) is 6.04 Å². The lowest BCUT2D eigenvalue weighted by Gasteiger charge is -2.37. The van der Waals surface area contributed by atoms with Gasteiger partial charge in [-0.3, -0.25) is 14.4 Å². The van der Waals surface area contributed by atoms with Crippen LogP contribution in [0.3, 0.4) is 0 Å². The predicted octanol–water partition coefficient (Wildman–Crippen LogP) is 3.63. The van der Waals surface area contributed by atoms with Gasteiger partial charge in [-0.2, -0.15) is 0 Å². The van der Waals surface area contributed by atoms with E-state index in [2.05, 4.69) is 24.5 Å². The predicted molar refractivity (Wildman–Crippen MR) is 150 cm³/mol. The van der Waals surface area contributed by atoms with E-state index in [4.69, 9.17) is 0 Å². The van der Waals surface area contributed by atoms with Crippen molar-refractivity contribution >= 4 is 35.2 Å². The van der Waals surface area contributed by atoms with Crippen molar-refractivity contribution in [3.8, 4) is 0 Å². The number of para-hydroxylation sites is 1. The Hall–Kier alpha value is -2.84. The van der Waals surface area contributed by atoms with Crippen LogP contribution in [0.4, 0.5) is 5.69 Å². The zero-order chi connectivity index (χ0) is 26.9. The van der Waals surface area contributed by atoms with Gasteiger partial charge < -0.3 is 20.6 Å². The van der Waals surface area contributed by atoms with Gasteiger partial charge in [0, 0.05) is 17.0 Å². The van der Waals surface area contributed by atoms with Crippen LogP contribution in [0.1, 0.15) is 45.1 Å². The fourth-order valence-electron chi connectivity index (χ4n) is 6.82. The van der Waals surface area contributed by atoms with E-state index >= 15 is 0 Å². The number of anilines is 1. The highest BCUT2D eigenvalue weighted by atomic mass is 32.2. The average molecular weight is 536 g/mol. The standard InChI is InChI=1S/C30H37N3O4S/c1-3-4-17-31-27(36)25-30-16-15-29(2,38-30)23(26(35)32-21-13-9-6-10-14-21)24(30)28(37)33(25)22(19-34)18-20-11-7-5-8-12-20/h5-14,22-25,34H,3-4,15-19H2,1-2H3,(H,31,36)(H,32,35)/t22-,23-,24+,25?,29+,30?/m1/s1.